The second kappa shape index (κ2) is 7.38. The molecule has 0 aromatic carbocycles. The van der Waals surface area contributed by atoms with Crippen LogP contribution in [0.5, 0.6) is 0 Å². The Morgan fingerprint density at radius 2 is 1.94 bits per heavy atom. The van der Waals surface area contributed by atoms with E-state index >= 15 is 0 Å². The van der Waals surface area contributed by atoms with Crippen LogP contribution in [-0.2, 0) is 9.53 Å². The lowest BCUT2D eigenvalue weighted by atomic mass is 10.4. The zero-order valence-electron chi connectivity index (χ0n) is 8.71. The summed E-state index contributed by atoms with van der Waals surface area (Å²) in [4.78, 5) is 11.7. The molecule has 0 bridgehead atoms. The van der Waals surface area contributed by atoms with E-state index in [2.05, 4.69) is 4.74 Å². The van der Waals surface area contributed by atoms with Crippen molar-refractivity contribution in [3.05, 3.63) is 0 Å². The summed E-state index contributed by atoms with van der Waals surface area (Å²) >= 11 is 0. The van der Waals surface area contributed by atoms with E-state index in [1.54, 1.807) is 0 Å². The molecule has 0 radical (unpaired) electrons. The van der Waals surface area contributed by atoms with Crippen molar-refractivity contribution in [1.29, 1.82) is 0 Å². The summed E-state index contributed by atoms with van der Waals surface area (Å²) in [5, 5.41) is 8.49. The first-order valence-electron chi connectivity index (χ1n) is 4.57. The first-order chi connectivity index (χ1) is 7.76. The molecule has 1 N–H and O–H groups in total. The summed E-state index contributed by atoms with van der Waals surface area (Å²) in [6.07, 6.45) is -7.40. The average Bonchev–Trinajstić information content (AvgIpc) is 2.14. The lowest BCUT2D eigenvalue weighted by Gasteiger charge is -2.21. The van der Waals surface area contributed by atoms with E-state index in [1.165, 1.54) is 0 Å². The molecule has 0 saturated heterocycles. The first-order valence-corrected chi connectivity index (χ1v) is 4.57. The highest BCUT2D eigenvalue weighted by Gasteiger charge is 2.28. The quantitative estimate of drug-likeness (QED) is 0.688. The van der Waals surface area contributed by atoms with E-state index in [4.69, 9.17) is 5.11 Å². The Morgan fingerprint density at radius 3 is 2.35 bits per heavy atom. The summed E-state index contributed by atoms with van der Waals surface area (Å²) in [6.45, 7) is -4.46. The van der Waals surface area contributed by atoms with E-state index in [1.807, 2.05) is 0 Å². The van der Waals surface area contributed by atoms with Gasteiger partial charge in [0, 0.05) is 6.54 Å². The van der Waals surface area contributed by atoms with Crippen molar-refractivity contribution in [3.63, 3.8) is 0 Å². The van der Waals surface area contributed by atoms with Crippen LogP contribution >= 0.6 is 0 Å². The minimum atomic E-state index is -4.58. The molecule has 0 atom stereocenters. The third-order valence-corrected chi connectivity index (χ3v) is 1.57. The summed E-state index contributed by atoms with van der Waals surface area (Å²) in [7, 11) is 0. The van der Waals surface area contributed by atoms with Crippen molar-refractivity contribution in [2.24, 2.45) is 0 Å². The van der Waals surface area contributed by atoms with E-state index in [9.17, 15) is 26.7 Å². The van der Waals surface area contributed by atoms with Crippen molar-refractivity contribution in [1.82, 2.24) is 4.90 Å². The van der Waals surface area contributed by atoms with Gasteiger partial charge in [-0.2, -0.15) is 13.2 Å². The maximum Gasteiger partial charge on any atom is 0.411 e. The maximum absolute atomic E-state index is 12.0. The van der Waals surface area contributed by atoms with E-state index < -0.39 is 44.9 Å². The molecule has 0 aliphatic rings. The Morgan fingerprint density at radius 1 is 1.35 bits per heavy atom. The minimum absolute atomic E-state index is 0.376. The van der Waals surface area contributed by atoms with Crippen LogP contribution in [0.15, 0.2) is 0 Å². The van der Waals surface area contributed by atoms with E-state index in [0.29, 0.717) is 4.90 Å². The van der Waals surface area contributed by atoms with Gasteiger partial charge in [0.15, 0.2) is 0 Å². The third kappa shape index (κ3) is 8.81. The van der Waals surface area contributed by atoms with Gasteiger partial charge in [0.25, 0.3) is 6.43 Å². The van der Waals surface area contributed by atoms with Gasteiger partial charge in [-0.05, 0) is 0 Å². The smallest absolute Gasteiger partial charge is 0.395 e. The zero-order valence-corrected chi connectivity index (χ0v) is 8.71. The second-order valence-electron chi connectivity index (χ2n) is 3.06. The molecular formula is C8H12F5NO3. The number of amides is 1. The Bertz CT molecular complexity index is 234. The largest absolute Gasteiger partial charge is 0.411 e. The number of alkyl halides is 5. The fourth-order valence-electron chi connectivity index (χ4n) is 0.950. The topological polar surface area (TPSA) is 49.8 Å². The summed E-state index contributed by atoms with van der Waals surface area (Å²) in [5.74, 6) is -1.02. The number of carbonyl (C=O) groups excluding carboxylic acids is 1. The molecule has 4 nitrogen and oxygen atoms in total. The molecule has 9 heteroatoms. The van der Waals surface area contributed by atoms with Crippen LogP contribution in [0.3, 0.4) is 0 Å². The van der Waals surface area contributed by atoms with Crippen molar-refractivity contribution >= 4 is 5.91 Å². The molecule has 0 aliphatic heterocycles. The molecule has 102 valence electrons. The normalized spacial score (nSPS) is 11.9. The predicted molar refractivity (Wildman–Crippen MR) is 46.5 cm³/mol. The Kier molecular flexibility index (Phi) is 6.97. The SMILES string of the molecule is O=C(COCC(F)(F)F)N(CCO)CC(F)F. The van der Waals surface area contributed by atoms with Gasteiger partial charge in [0.2, 0.25) is 5.91 Å². The third-order valence-electron chi connectivity index (χ3n) is 1.57. The van der Waals surface area contributed by atoms with Crippen LogP contribution in [0.2, 0.25) is 0 Å². The molecule has 0 aromatic heterocycles. The molecule has 0 rings (SSSR count). The van der Waals surface area contributed by atoms with Crippen LogP contribution < -0.4 is 0 Å². The Labute approximate surface area is 94.0 Å². The van der Waals surface area contributed by atoms with Gasteiger partial charge in [-0.1, -0.05) is 0 Å². The Balaban J connectivity index is 4.05. The number of ether oxygens (including phenoxy) is 1. The lowest BCUT2D eigenvalue weighted by molar-refractivity contribution is -0.178. The fraction of sp³-hybridized carbons (Fsp3) is 0.875. The maximum atomic E-state index is 12.0. The monoisotopic (exact) mass is 265 g/mol. The van der Waals surface area contributed by atoms with Crippen molar-refractivity contribution in [2.45, 2.75) is 12.6 Å². The van der Waals surface area contributed by atoms with Gasteiger partial charge in [-0.15, -0.1) is 0 Å². The number of aliphatic hydroxyl groups is 1. The number of rotatable bonds is 7. The number of hydrogen-bond donors (Lipinski definition) is 1. The van der Waals surface area contributed by atoms with Crippen molar-refractivity contribution in [3.8, 4) is 0 Å². The number of carbonyl (C=O) groups is 1. The molecule has 0 aromatic rings. The molecular weight excluding hydrogens is 253 g/mol. The number of nitrogens with zero attached hydrogens (tertiary/aromatic N) is 1. The predicted octanol–water partition coefficient (Wildman–Crippen LogP) is 0.651. The van der Waals surface area contributed by atoms with Crippen LogP contribution in [0.4, 0.5) is 22.0 Å². The second-order valence-corrected chi connectivity index (χ2v) is 3.06. The standard InChI is InChI=1S/C8H12F5NO3/c9-6(10)3-14(1-2-15)7(16)4-17-5-8(11,12)13/h6,15H,1-5H2. The van der Waals surface area contributed by atoms with E-state index in [-0.39, 0.29) is 6.54 Å². The minimum Gasteiger partial charge on any atom is -0.395 e. The molecule has 0 aliphatic carbocycles. The Hall–Kier alpha value is -0.960. The van der Waals surface area contributed by atoms with Gasteiger partial charge >= 0.3 is 6.18 Å². The number of halogens is 5. The highest BCUT2D eigenvalue weighted by atomic mass is 19.4. The average molecular weight is 265 g/mol. The van der Waals surface area contributed by atoms with Gasteiger partial charge in [-0.3, -0.25) is 4.79 Å². The summed E-state index contributed by atoms with van der Waals surface area (Å²) in [5.41, 5.74) is 0. The molecule has 0 heterocycles. The summed E-state index contributed by atoms with van der Waals surface area (Å²) < 4.78 is 63.0. The first kappa shape index (κ1) is 16.0. The number of hydrogen-bond acceptors (Lipinski definition) is 3. The fourth-order valence-corrected chi connectivity index (χ4v) is 0.950. The van der Waals surface area contributed by atoms with Gasteiger partial charge in [0.1, 0.15) is 13.2 Å². The summed E-state index contributed by atoms with van der Waals surface area (Å²) in [6, 6.07) is 0. The van der Waals surface area contributed by atoms with E-state index in [0.717, 1.165) is 0 Å². The number of aliphatic hydroxyl groups excluding tert-OH is 1. The molecule has 0 fully saturated rings. The molecule has 0 spiro atoms. The van der Waals surface area contributed by atoms with Crippen LogP contribution in [-0.4, -0.2) is 61.4 Å². The lowest BCUT2D eigenvalue weighted by Crippen LogP contribution is -2.40. The molecule has 0 unspecified atom stereocenters. The van der Waals surface area contributed by atoms with Gasteiger partial charge < -0.3 is 14.7 Å². The van der Waals surface area contributed by atoms with Crippen molar-refractivity contribution in [2.75, 3.05) is 32.9 Å². The van der Waals surface area contributed by atoms with Crippen LogP contribution in [0.1, 0.15) is 0 Å². The van der Waals surface area contributed by atoms with Crippen LogP contribution in [0.25, 0.3) is 0 Å². The highest BCUT2D eigenvalue weighted by molar-refractivity contribution is 5.77. The molecule has 1 amide bonds. The molecule has 17 heavy (non-hydrogen) atoms. The van der Waals surface area contributed by atoms with Crippen molar-refractivity contribution < 1.29 is 36.6 Å². The highest BCUT2D eigenvalue weighted by Crippen LogP contribution is 2.14. The molecule has 0 saturated carbocycles. The van der Waals surface area contributed by atoms with Gasteiger partial charge in [0.05, 0.1) is 13.2 Å². The van der Waals surface area contributed by atoms with Crippen LogP contribution in [0, 0.1) is 0 Å². The zero-order chi connectivity index (χ0) is 13.5. The van der Waals surface area contributed by atoms with Gasteiger partial charge in [-0.25, -0.2) is 8.78 Å².